The third kappa shape index (κ3) is 2.31. The van der Waals surface area contributed by atoms with E-state index in [0.29, 0.717) is 0 Å². The Labute approximate surface area is 60.7 Å². The molecule has 0 aromatic rings. The highest BCUT2D eigenvalue weighted by molar-refractivity contribution is 7.95. The number of allylic oxidation sites excluding steroid dienone is 2. The van der Waals surface area contributed by atoms with Crippen molar-refractivity contribution >= 4 is 15.6 Å². The Bertz CT molecular complexity index is 259. The molecule has 0 atom stereocenters. The van der Waals surface area contributed by atoms with Crippen molar-refractivity contribution in [1.82, 2.24) is 0 Å². The van der Waals surface area contributed by atoms with E-state index >= 15 is 0 Å². The zero-order valence-corrected chi connectivity index (χ0v) is 7.03. The quantitative estimate of drug-likeness (QED) is 0.556. The third-order valence-corrected chi connectivity index (χ3v) is 2.33. The molecule has 0 fully saturated rings. The predicted molar refractivity (Wildman–Crippen MR) is 39.3 cm³/mol. The lowest BCUT2D eigenvalue weighted by molar-refractivity contribution is -0.113. The zero-order chi connectivity index (χ0) is 8.36. The number of carbonyl (C=O) groups excluding carboxylic acids is 1. The second kappa shape index (κ2) is 2.96. The molecule has 0 heterocycles. The second-order valence-corrected chi connectivity index (χ2v) is 3.97. The minimum Gasteiger partial charge on any atom is -0.294 e. The van der Waals surface area contributed by atoms with Crippen molar-refractivity contribution in [2.75, 3.05) is 6.26 Å². The molecule has 0 aliphatic carbocycles. The normalized spacial score (nSPS) is 13.3. The van der Waals surface area contributed by atoms with Gasteiger partial charge in [0.25, 0.3) is 0 Å². The number of sulfone groups is 1. The van der Waals surface area contributed by atoms with Crippen LogP contribution in [0.5, 0.6) is 0 Å². The Morgan fingerprint density at radius 1 is 1.40 bits per heavy atom. The number of hydrogen-bond acceptors (Lipinski definition) is 3. The molecule has 0 radical (unpaired) electrons. The fourth-order valence-electron chi connectivity index (χ4n) is 0.678. The summed E-state index contributed by atoms with van der Waals surface area (Å²) < 4.78 is 21.4. The molecule has 0 aliphatic heterocycles. The van der Waals surface area contributed by atoms with Crippen LogP contribution >= 0.6 is 0 Å². The highest BCUT2D eigenvalue weighted by Crippen LogP contribution is 2.04. The molecule has 0 aromatic heterocycles. The van der Waals surface area contributed by atoms with Crippen molar-refractivity contribution in [3.8, 4) is 0 Å². The summed E-state index contributed by atoms with van der Waals surface area (Å²) >= 11 is 0. The molecule has 0 spiro atoms. The smallest absolute Gasteiger partial charge is 0.178 e. The van der Waals surface area contributed by atoms with Gasteiger partial charge in [0, 0.05) is 6.26 Å². The second-order valence-electron chi connectivity index (χ2n) is 1.98. The maximum atomic E-state index is 10.7. The predicted octanol–water partition coefficient (Wildman–Crippen LogP) is 0.524. The Morgan fingerprint density at radius 2 is 1.80 bits per heavy atom. The first kappa shape index (κ1) is 9.36. The molecule has 10 heavy (non-hydrogen) atoms. The van der Waals surface area contributed by atoms with Gasteiger partial charge in [-0.15, -0.1) is 0 Å². The summed E-state index contributed by atoms with van der Waals surface area (Å²) in [7, 11) is -3.30. The molecular formula is C6H10O3S. The molecule has 0 amide bonds. The van der Waals surface area contributed by atoms with Crippen molar-refractivity contribution in [1.29, 1.82) is 0 Å². The van der Waals surface area contributed by atoms with Crippen molar-refractivity contribution in [3.05, 3.63) is 11.0 Å². The SMILES string of the molecule is C/C=C(\C(C)=O)S(C)(=O)=O. The first-order chi connectivity index (χ1) is 4.39. The van der Waals surface area contributed by atoms with Gasteiger partial charge in [0.05, 0.1) is 0 Å². The minimum absolute atomic E-state index is 0.118. The molecule has 58 valence electrons. The Kier molecular flexibility index (Phi) is 2.77. The van der Waals surface area contributed by atoms with Gasteiger partial charge in [-0.2, -0.15) is 0 Å². The summed E-state index contributed by atoms with van der Waals surface area (Å²) in [5.41, 5.74) is 0. The summed E-state index contributed by atoms with van der Waals surface area (Å²) in [6.45, 7) is 2.76. The topological polar surface area (TPSA) is 51.2 Å². The maximum Gasteiger partial charge on any atom is 0.178 e. The van der Waals surface area contributed by atoms with E-state index in [1.165, 1.54) is 19.9 Å². The highest BCUT2D eigenvalue weighted by atomic mass is 32.2. The fraction of sp³-hybridized carbons (Fsp3) is 0.500. The number of Topliss-reactive ketones (excluding diaryl/α,β-unsaturated/α-hetero) is 1. The molecule has 0 unspecified atom stereocenters. The van der Waals surface area contributed by atoms with Crippen LogP contribution in [-0.4, -0.2) is 20.5 Å². The Morgan fingerprint density at radius 3 is 1.80 bits per heavy atom. The lowest BCUT2D eigenvalue weighted by atomic mass is 10.4. The maximum absolute atomic E-state index is 10.7. The number of rotatable bonds is 2. The number of carbonyl (C=O) groups is 1. The first-order valence-corrected chi connectivity index (χ1v) is 4.66. The minimum atomic E-state index is -3.30. The molecule has 4 heteroatoms. The Balaban J connectivity index is 4.95. The van der Waals surface area contributed by atoms with E-state index in [4.69, 9.17) is 0 Å². The van der Waals surface area contributed by atoms with Crippen LogP contribution in [0.4, 0.5) is 0 Å². The van der Waals surface area contributed by atoms with Crippen molar-refractivity contribution in [2.45, 2.75) is 13.8 Å². The monoisotopic (exact) mass is 162 g/mol. The summed E-state index contributed by atoms with van der Waals surface area (Å²) in [6, 6.07) is 0. The van der Waals surface area contributed by atoms with Gasteiger partial charge in [-0.3, -0.25) is 4.79 Å². The lowest BCUT2D eigenvalue weighted by Crippen LogP contribution is -2.08. The van der Waals surface area contributed by atoms with Crippen LogP contribution in [0.3, 0.4) is 0 Å². The summed E-state index contributed by atoms with van der Waals surface area (Å²) in [4.78, 5) is 10.5. The molecule has 3 nitrogen and oxygen atoms in total. The molecule has 0 bridgehead atoms. The van der Waals surface area contributed by atoms with Crippen molar-refractivity contribution < 1.29 is 13.2 Å². The summed E-state index contributed by atoms with van der Waals surface area (Å²) in [5.74, 6) is -0.412. The average Bonchev–Trinajstić information content (AvgIpc) is 1.60. The van der Waals surface area contributed by atoms with Crippen molar-refractivity contribution in [2.24, 2.45) is 0 Å². The molecule has 0 N–H and O–H groups in total. The van der Waals surface area contributed by atoms with Crippen molar-refractivity contribution in [3.63, 3.8) is 0 Å². The van der Waals surface area contributed by atoms with Gasteiger partial charge < -0.3 is 0 Å². The van der Waals surface area contributed by atoms with Gasteiger partial charge in [-0.1, -0.05) is 6.08 Å². The van der Waals surface area contributed by atoms with Gasteiger partial charge in [0.1, 0.15) is 4.91 Å². The largest absolute Gasteiger partial charge is 0.294 e. The van der Waals surface area contributed by atoms with Gasteiger partial charge >= 0.3 is 0 Å². The van der Waals surface area contributed by atoms with E-state index in [1.54, 1.807) is 0 Å². The van der Waals surface area contributed by atoms with Gasteiger partial charge in [0.2, 0.25) is 0 Å². The average molecular weight is 162 g/mol. The fourth-order valence-corrected chi connectivity index (χ4v) is 1.63. The lowest BCUT2D eigenvalue weighted by Gasteiger charge is -1.96. The zero-order valence-electron chi connectivity index (χ0n) is 6.21. The Hall–Kier alpha value is -0.640. The van der Waals surface area contributed by atoms with Crippen LogP contribution < -0.4 is 0 Å². The van der Waals surface area contributed by atoms with E-state index in [0.717, 1.165) is 6.26 Å². The highest BCUT2D eigenvalue weighted by Gasteiger charge is 2.13. The molecule has 0 aliphatic rings. The summed E-state index contributed by atoms with van der Waals surface area (Å²) in [5, 5.41) is 0. The van der Waals surface area contributed by atoms with Crippen LogP contribution in [0, 0.1) is 0 Å². The van der Waals surface area contributed by atoms with Crippen LogP contribution in [0.25, 0.3) is 0 Å². The van der Waals surface area contributed by atoms with E-state index in [9.17, 15) is 13.2 Å². The molecular weight excluding hydrogens is 152 g/mol. The standard InChI is InChI=1S/C6H10O3S/c1-4-6(5(2)7)10(3,8)9/h4H,1-3H3/b6-4+. The number of hydrogen-bond donors (Lipinski definition) is 0. The van der Waals surface area contributed by atoms with E-state index in [1.807, 2.05) is 0 Å². The summed E-state index contributed by atoms with van der Waals surface area (Å²) in [6.07, 6.45) is 2.32. The van der Waals surface area contributed by atoms with Gasteiger partial charge in [-0.05, 0) is 13.8 Å². The molecule has 0 aromatic carbocycles. The number of ketones is 1. The van der Waals surface area contributed by atoms with Crippen LogP contribution in [-0.2, 0) is 14.6 Å². The van der Waals surface area contributed by atoms with E-state index in [2.05, 4.69) is 0 Å². The van der Waals surface area contributed by atoms with Crippen LogP contribution in [0.2, 0.25) is 0 Å². The molecule has 0 saturated heterocycles. The van der Waals surface area contributed by atoms with Crippen LogP contribution in [0.15, 0.2) is 11.0 Å². The van der Waals surface area contributed by atoms with Gasteiger partial charge in [-0.25, -0.2) is 8.42 Å². The van der Waals surface area contributed by atoms with Gasteiger partial charge in [0.15, 0.2) is 15.6 Å². The molecule has 0 saturated carbocycles. The first-order valence-electron chi connectivity index (χ1n) is 2.77. The van der Waals surface area contributed by atoms with Crippen LogP contribution in [0.1, 0.15) is 13.8 Å². The van der Waals surface area contributed by atoms with E-state index in [-0.39, 0.29) is 4.91 Å². The molecule has 0 rings (SSSR count). The third-order valence-electron chi connectivity index (χ3n) is 1.01. The van der Waals surface area contributed by atoms with E-state index < -0.39 is 15.6 Å².